The van der Waals surface area contributed by atoms with Crippen LogP contribution in [0.1, 0.15) is 39.2 Å². The zero-order valence-electron chi connectivity index (χ0n) is 17.8. The van der Waals surface area contributed by atoms with Gasteiger partial charge < -0.3 is 9.80 Å². The van der Waals surface area contributed by atoms with E-state index in [4.69, 9.17) is 0 Å². The first-order chi connectivity index (χ1) is 14.4. The molecule has 0 spiro atoms. The summed E-state index contributed by atoms with van der Waals surface area (Å²) < 4.78 is 0. The van der Waals surface area contributed by atoms with Gasteiger partial charge >= 0.3 is 0 Å². The normalized spacial score (nSPS) is 14.8. The minimum absolute atomic E-state index is 0.0263. The van der Waals surface area contributed by atoms with Gasteiger partial charge in [0.25, 0.3) is 5.91 Å². The molecule has 154 valence electrons. The molecule has 1 aliphatic rings. The summed E-state index contributed by atoms with van der Waals surface area (Å²) in [4.78, 5) is 34.4. The molecule has 2 heterocycles. The van der Waals surface area contributed by atoms with Crippen molar-refractivity contribution in [2.45, 2.75) is 33.7 Å². The van der Waals surface area contributed by atoms with Crippen molar-refractivity contribution in [2.75, 3.05) is 19.6 Å². The van der Waals surface area contributed by atoms with Crippen molar-refractivity contribution >= 4 is 22.7 Å². The average molecular weight is 402 g/mol. The molecule has 5 nitrogen and oxygen atoms in total. The number of aromatic nitrogens is 1. The first-order valence-corrected chi connectivity index (χ1v) is 10.4. The number of amides is 2. The summed E-state index contributed by atoms with van der Waals surface area (Å²) in [5.74, 6) is 0.0711. The Morgan fingerprint density at radius 1 is 1.00 bits per heavy atom. The number of carbonyl (C=O) groups excluding carboxylic acids is 2. The third-order valence-corrected chi connectivity index (χ3v) is 5.82. The van der Waals surface area contributed by atoms with E-state index < -0.39 is 0 Å². The molecular formula is C25H27N3O2. The number of fused-ring (bicyclic) bond motifs is 1. The highest BCUT2D eigenvalue weighted by Crippen LogP contribution is 2.22. The molecule has 4 rings (SSSR count). The van der Waals surface area contributed by atoms with Crippen LogP contribution in [-0.2, 0) is 11.3 Å². The highest BCUT2D eigenvalue weighted by atomic mass is 16.2. The SMILES string of the molecule is Cc1ccc2nc(C)cc(C(=O)N3CCC(=O)N(Cc4ccccc4C)CC3)c2c1. The molecule has 30 heavy (non-hydrogen) atoms. The summed E-state index contributed by atoms with van der Waals surface area (Å²) in [5, 5.41) is 0.873. The maximum absolute atomic E-state index is 13.4. The number of aryl methyl sites for hydroxylation is 3. The molecule has 1 saturated heterocycles. The predicted octanol–water partition coefficient (Wildman–Crippen LogP) is 4.03. The molecule has 0 N–H and O–H groups in total. The summed E-state index contributed by atoms with van der Waals surface area (Å²) in [6.07, 6.45) is 0.346. The first kappa shape index (κ1) is 20.1. The van der Waals surface area contributed by atoms with Crippen LogP contribution in [0.2, 0.25) is 0 Å². The zero-order valence-corrected chi connectivity index (χ0v) is 17.8. The third-order valence-electron chi connectivity index (χ3n) is 5.82. The Kier molecular flexibility index (Phi) is 5.53. The van der Waals surface area contributed by atoms with Gasteiger partial charge in [0.1, 0.15) is 0 Å². The van der Waals surface area contributed by atoms with Crippen LogP contribution >= 0.6 is 0 Å². The molecule has 0 unspecified atom stereocenters. The van der Waals surface area contributed by atoms with E-state index in [0.717, 1.165) is 27.7 Å². The van der Waals surface area contributed by atoms with Crippen LogP contribution in [0.5, 0.6) is 0 Å². The first-order valence-electron chi connectivity index (χ1n) is 10.4. The van der Waals surface area contributed by atoms with Crippen LogP contribution in [0.4, 0.5) is 0 Å². The average Bonchev–Trinajstić information content (AvgIpc) is 2.91. The fourth-order valence-corrected chi connectivity index (χ4v) is 4.05. The zero-order chi connectivity index (χ0) is 21.3. The van der Waals surface area contributed by atoms with Crippen molar-refractivity contribution in [1.29, 1.82) is 0 Å². The fraction of sp³-hybridized carbons (Fsp3) is 0.320. The van der Waals surface area contributed by atoms with Gasteiger partial charge in [-0.1, -0.05) is 35.9 Å². The number of pyridine rings is 1. The van der Waals surface area contributed by atoms with Crippen molar-refractivity contribution in [2.24, 2.45) is 0 Å². The Balaban J connectivity index is 1.57. The molecule has 0 saturated carbocycles. The van der Waals surface area contributed by atoms with E-state index in [0.29, 0.717) is 38.2 Å². The van der Waals surface area contributed by atoms with E-state index in [1.54, 1.807) is 0 Å². The number of benzene rings is 2. The summed E-state index contributed by atoms with van der Waals surface area (Å²) in [6.45, 7) is 8.09. The van der Waals surface area contributed by atoms with Crippen molar-refractivity contribution in [3.8, 4) is 0 Å². The third kappa shape index (κ3) is 4.06. The number of rotatable bonds is 3. The largest absolute Gasteiger partial charge is 0.337 e. The minimum Gasteiger partial charge on any atom is -0.337 e. The summed E-state index contributed by atoms with van der Waals surface area (Å²) in [7, 11) is 0. The van der Waals surface area contributed by atoms with Gasteiger partial charge in [0.2, 0.25) is 5.91 Å². The Labute approximate surface area is 177 Å². The molecule has 0 bridgehead atoms. The quantitative estimate of drug-likeness (QED) is 0.666. The standard InChI is InChI=1S/C25H27N3O2/c1-17-8-9-23-21(14-17)22(15-19(3)26-23)25(30)27-11-10-24(29)28(13-12-27)16-20-7-5-4-6-18(20)2/h4-9,14-15H,10-13,16H2,1-3H3. The van der Waals surface area contributed by atoms with E-state index in [-0.39, 0.29) is 11.8 Å². The van der Waals surface area contributed by atoms with Crippen LogP contribution < -0.4 is 0 Å². The lowest BCUT2D eigenvalue weighted by Gasteiger charge is -2.23. The van der Waals surface area contributed by atoms with Crippen LogP contribution in [-0.4, -0.2) is 46.2 Å². The fourth-order valence-electron chi connectivity index (χ4n) is 4.05. The molecule has 2 aromatic carbocycles. The van der Waals surface area contributed by atoms with Crippen LogP contribution in [0, 0.1) is 20.8 Å². The van der Waals surface area contributed by atoms with Gasteiger partial charge in [-0.05, 0) is 50.1 Å². The number of nitrogens with zero attached hydrogens (tertiary/aromatic N) is 3. The highest BCUT2D eigenvalue weighted by Gasteiger charge is 2.26. The molecule has 1 aromatic heterocycles. The van der Waals surface area contributed by atoms with Gasteiger partial charge in [-0.25, -0.2) is 0 Å². The van der Waals surface area contributed by atoms with E-state index in [1.165, 1.54) is 5.56 Å². The second-order valence-corrected chi connectivity index (χ2v) is 8.12. The molecule has 5 heteroatoms. The van der Waals surface area contributed by atoms with Crippen LogP contribution in [0.3, 0.4) is 0 Å². The van der Waals surface area contributed by atoms with Gasteiger partial charge in [0.15, 0.2) is 0 Å². The number of hydrogen-bond acceptors (Lipinski definition) is 3. The van der Waals surface area contributed by atoms with E-state index in [2.05, 4.69) is 24.0 Å². The Morgan fingerprint density at radius 2 is 1.80 bits per heavy atom. The topological polar surface area (TPSA) is 53.5 Å². The van der Waals surface area contributed by atoms with Gasteiger partial charge in [-0.2, -0.15) is 0 Å². The van der Waals surface area contributed by atoms with Crippen molar-refractivity contribution in [3.05, 3.63) is 76.5 Å². The second kappa shape index (κ2) is 8.27. The maximum Gasteiger partial charge on any atom is 0.254 e. The number of carbonyl (C=O) groups is 2. The lowest BCUT2D eigenvalue weighted by molar-refractivity contribution is -0.130. The summed E-state index contributed by atoms with van der Waals surface area (Å²) in [5.41, 5.74) is 5.74. The predicted molar refractivity (Wildman–Crippen MR) is 118 cm³/mol. The van der Waals surface area contributed by atoms with Crippen LogP contribution in [0.15, 0.2) is 48.5 Å². The number of hydrogen-bond donors (Lipinski definition) is 0. The molecule has 0 atom stereocenters. The lowest BCUT2D eigenvalue weighted by atomic mass is 10.0. The van der Waals surface area contributed by atoms with E-state index in [9.17, 15) is 9.59 Å². The molecule has 1 aliphatic heterocycles. The van der Waals surface area contributed by atoms with Crippen molar-refractivity contribution in [3.63, 3.8) is 0 Å². The molecule has 0 aliphatic carbocycles. The second-order valence-electron chi connectivity index (χ2n) is 8.12. The minimum atomic E-state index is -0.0263. The maximum atomic E-state index is 13.4. The van der Waals surface area contributed by atoms with Gasteiger partial charge in [0, 0.05) is 43.7 Å². The van der Waals surface area contributed by atoms with Crippen LogP contribution in [0.25, 0.3) is 10.9 Å². The van der Waals surface area contributed by atoms with Crippen molar-refractivity contribution < 1.29 is 9.59 Å². The molecule has 2 amide bonds. The van der Waals surface area contributed by atoms with Crippen molar-refractivity contribution in [1.82, 2.24) is 14.8 Å². The summed E-state index contributed by atoms with van der Waals surface area (Å²) in [6, 6.07) is 16.0. The molecular weight excluding hydrogens is 374 g/mol. The highest BCUT2D eigenvalue weighted by molar-refractivity contribution is 6.06. The smallest absolute Gasteiger partial charge is 0.254 e. The Morgan fingerprint density at radius 3 is 2.60 bits per heavy atom. The Bertz CT molecular complexity index is 1120. The van der Waals surface area contributed by atoms with Gasteiger partial charge in [0.05, 0.1) is 11.1 Å². The molecule has 3 aromatic rings. The monoisotopic (exact) mass is 401 g/mol. The lowest BCUT2D eigenvalue weighted by Crippen LogP contribution is -2.36. The van der Waals surface area contributed by atoms with Gasteiger partial charge in [-0.15, -0.1) is 0 Å². The molecule has 1 fully saturated rings. The van der Waals surface area contributed by atoms with E-state index in [1.807, 2.05) is 60.0 Å². The summed E-state index contributed by atoms with van der Waals surface area (Å²) >= 11 is 0. The molecule has 0 radical (unpaired) electrons. The Hall–Kier alpha value is -3.21. The van der Waals surface area contributed by atoms with Gasteiger partial charge in [-0.3, -0.25) is 14.6 Å². The van der Waals surface area contributed by atoms with E-state index >= 15 is 0 Å².